The number of piperidine rings is 1. The minimum absolute atomic E-state index is 0.0531. The first-order valence-corrected chi connectivity index (χ1v) is 11.2. The molecular formula is C25H30FN3O2. The van der Waals surface area contributed by atoms with Gasteiger partial charge in [0.1, 0.15) is 5.82 Å². The molecule has 0 aromatic heterocycles. The van der Waals surface area contributed by atoms with Crippen LogP contribution in [0.4, 0.5) is 9.18 Å². The van der Waals surface area contributed by atoms with E-state index < -0.39 is 5.82 Å². The molecule has 0 radical (unpaired) electrons. The maximum Gasteiger partial charge on any atom is 0.320 e. The van der Waals surface area contributed by atoms with E-state index in [2.05, 4.69) is 36.5 Å². The molecule has 0 spiro atoms. The van der Waals surface area contributed by atoms with Crippen molar-refractivity contribution in [3.63, 3.8) is 0 Å². The highest BCUT2D eigenvalue weighted by atomic mass is 19.1. The lowest BCUT2D eigenvalue weighted by molar-refractivity contribution is 0.0890. The SMILES string of the molecule is CCc1ccc(C2CC(NC(=O)c3cccc(F)c3)CN(C(=O)N3CCCC3)C2)cc1. The first-order valence-electron chi connectivity index (χ1n) is 11.2. The molecule has 5 nitrogen and oxygen atoms in total. The number of urea groups is 1. The van der Waals surface area contributed by atoms with E-state index in [1.165, 1.54) is 29.3 Å². The molecule has 0 aliphatic carbocycles. The van der Waals surface area contributed by atoms with Gasteiger partial charge in [-0.1, -0.05) is 37.3 Å². The molecule has 2 aliphatic rings. The lowest BCUT2D eigenvalue weighted by Gasteiger charge is -2.40. The van der Waals surface area contributed by atoms with Crippen LogP contribution < -0.4 is 5.32 Å². The average molecular weight is 424 g/mol. The Kier molecular flexibility index (Phi) is 6.54. The molecule has 2 saturated heterocycles. The maximum absolute atomic E-state index is 13.6. The highest BCUT2D eigenvalue weighted by Gasteiger charge is 2.34. The Balaban J connectivity index is 1.53. The number of nitrogens with zero attached hydrogens (tertiary/aromatic N) is 2. The molecule has 2 heterocycles. The number of halogens is 1. The minimum atomic E-state index is -0.434. The Bertz CT molecular complexity index is 925. The van der Waals surface area contributed by atoms with Gasteiger partial charge in [0, 0.05) is 43.7 Å². The topological polar surface area (TPSA) is 52.7 Å². The monoisotopic (exact) mass is 423 g/mol. The number of amides is 3. The van der Waals surface area contributed by atoms with Crippen LogP contribution >= 0.6 is 0 Å². The zero-order valence-electron chi connectivity index (χ0n) is 18.0. The van der Waals surface area contributed by atoms with Crippen molar-refractivity contribution in [2.75, 3.05) is 26.2 Å². The van der Waals surface area contributed by atoms with E-state index in [9.17, 15) is 14.0 Å². The summed E-state index contributed by atoms with van der Waals surface area (Å²) in [4.78, 5) is 29.6. The molecule has 31 heavy (non-hydrogen) atoms. The smallest absolute Gasteiger partial charge is 0.320 e. The highest BCUT2D eigenvalue weighted by Crippen LogP contribution is 2.29. The summed E-state index contributed by atoms with van der Waals surface area (Å²) in [6.45, 7) is 4.84. The Morgan fingerprint density at radius 2 is 1.77 bits per heavy atom. The molecule has 1 N–H and O–H groups in total. The van der Waals surface area contributed by atoms with Crippen LogP contribution in [0.15, 0.2) is 48.5 Å². The number of aryl methyl sites for hydroxylation is 1. The number of hydrogen-bond donors (Lipinski definition) is 1. The summed E-state index contributed by atoms with van der Waals surface area (Å²) in [5.41, 5.74) is 2.76. The van der Waals surface area contributed by atoms with E-state index in [-0.39, 0.29) is 23.9 Å². The quantitative estimate of drug-likeness (QED) is 0.802. The largest absolute Gasteiger partial charge is 0.347 e. The van der Waals surface area contributed by atoms with Gasteiger partial charge in [-0.15, -0.1) is 0 Å². The van der Waals surface area contributed by atoms with E-state index >= 15 is 0 Å². The Labute approximate surface area is 183 Å². The Hall–Kier alpha value is -2.89. The normalized spacial score (nSPS) is 21.2. The van der Waals surface area contributed by atoms with Gasteiger partial charge >= 0.3 is 6.03 Å². The lowest BCUT2D eigenvalue weighted by Crippen LogP contribution is -2.54. The van der Waals surface area contributed by atoms with Gasteiger partial charge < -0.3 is 15.1 Å². The van der Waals surface area contributed by atoms with Gasteiger partial charge in [-0.05, 0) is 55.0 Å². The highest BCUT2D eigenvalue weighted by molar-refractivity contribution is 5.94. The third kappa shape index (κ3) is 5.06. The predicted molar refractivity (Wildman–Crippen MR) is 119 cm³/mol. The molecule has 0 saturated carbocycles. The Morgan fingerprint density at radius 1 is 1.03 bits per heavy atom. The van der Waals surface area contributed by atoms with Crippen LogP contribution in [0, 0.1) is 5.82 Å². The van der Waals surface area contributed by atoms with Gasteiger partial charge in [0.2, 0.25) is 0 Å². The third-order valence-electron chi connectivity index (χ3n) is 6.38. The van der Waals surface area contributed by atoms with Crippen molar-refractivity contribution in [2.45, 2.75) is 44.6 Å². The Morgan fingerprint density at radius 3 is 2.45 bits per heavy atom. The molecule has 2 aromatic rings. The van der Waals surface area contributed by atoms with Crippen molar-refractivity contribution < 1.29 is 14.0 Å². The number of hydrogen-bond acceptors (Lipinski definition) is 2. The summed E-state index contributed by atoms with van der Waals surface area (Å²) in [5, 5.41) is 3.04. The van der Waals surface area contributed by atoms with E-state index in [0.29, 0.717) is 18.7 Å². The summed E-state index contributed by atoms with van der Waals surface area (Å²) in [6.07, 6.45) is 3.82. The summed E-state index contributed by atoms with van der Waals surface area (Å²) < 4.78 is 13.6. The molecule has 4 rings (SSSR count). The molecule has 3 amide bonds. The van der Waals surface area contributed by atoms with Gasteiger partial charge in [-0.2, -0.15) is 0 Å². The summed E-state index contributed by atoms with van der Waals surface area (Å²) in [5.74, 6) is -0.597. The van der Waals surface area contributed by atoms with Crippen molar-refractivity contribution in [1.82, 2.24) is 15.1 Å². The van der Waals surface area contributed by atoms with Gasteiger partial charge in [0.05, 0.1) is 0 Å². The van der Waals surface area contributed by atoms with E-state index in [1.807, 2.05) is 9.80 Å². The van der Waals surface area contributed by atoms with Gasteiger partial charge in [0.25, 0.3) is 5.91 Å². The predicted octanol–water partition coefficient (Wildman–Crippen LogP) is 4.19. The van der Waals surface area contributed by atoms with Crippen molar-refractivity contribution in [3.05, 3.63) is 71.0 Å². The number of nitrogens with one attached hydrogen (secondary N) is 1. The van der Waals surface area contributed by atoms with Gasteiger partial charge in [-0.25, -0.2) is 9.18 Å². The summed E-state index contributed by atoms with van der Waals surface area (Å²) in [7, 11) is 0. The number of rotatable bonds is 4. The standard InChI is InChI=1S/C25H30FN3O2/c1-2-18-8-10-19(11-9-18)21-15-23(27-24(30)20-6-5-7-22(26)14-20)17-29(16-21)25(31)28-12-3-4-13-28/h5-11,14,21,23H,2-4,12-13,15-17H2,1H3,(H,27,30). The van der Waals surface area contributed by atoms with Crippen molar-refractivity contribution in [3.8, 4) is 0 Å². The molecule has 2 atom stereocenters. The van der Waals surface area contributed by atoms with E-state index in [0.717, 1.165) is 38.8 Å². The molecule has 2 unspecified atom stereocenters. The first kappa shape index (κ1) is 21.3. The molecule has 2 aliphatic heterocycles. The van der Waals surface area contributed by atoms with Crippen LogP contribution in [-0.4, -0.2) is 54.0 Å². The molecule has 2 fully saturated rings. The van der Waals surface area contributed by atoms with Gasteiger partial charge in [0.15, 0.2) is 0 Å². The van der Waals surface area contributed by atoms with Crippen molar-refractivity contribution >= 4 is 11.9 Å². The molecule has 6 heteroatoms. The van der Waals surface area contributed by atoms with Crippen LogP contribution in [0.25, 0.3) is 0 Å². The van der Waals surface area contributed by atoms with Crippen LogP contribution in [0.1, 0.15) is 53.6 Å². The molecule has 2 aromatic carbocycles. The minimum Gasteiger partial charge on any atom is -0.347 e. The van der Waals surface area contributed by atoms with Crippen molar-refractivity contribution in [2.24, 2.45) is 0 Å². The molecule has 164 valence electrons. The number of benzene rings is 2. The second-order valence-electron chi connectivity index (χ2n) is 8.59. The summed E-state index contributed by atoms with van der Waals surface area (Å²) >= 11 is 0. The fourth-order valence-corrected chi connectivity index (χ4v) is 4.63. The fourth-order valence-electron chi connectivity index (χ4n) is 4.63. The van der Waals surface area contributed by atoms with Crippen LogP contribution in [-0.2, 0) is 6.42 Å². The zero-order chi connectivity index (χ0) is 21.8. The number of carbonyl (C=O) groups excluding carboxylic acids is 2. The maximum atomic E-state index is 13.6. The average Bonchev–Trinajstić information content (AvgIpc) is 3.33. The van der Waals surface area contributed by atoms with Gasteiger partial charge in [-0.3, -0.25) is 4.79 Å². The number of likely N-dealkylation sites (tertiary alicyclic amines) is 2. The molecular weight excluding hydrogens is 393 g/mol. The number of carbonyl (C=O) groups is 2. The van der Waals surface area contributed by atoms with Crippen LogP contribution in [0.3, 0.4) is 0 Å². The van der Waals surface area contributed by atoms with Crippen LogP contribution in [0.2, 0.25) is 0 Å². The second kappa shape index (κ2) is 9.50. The fraction of sp³-hybridized carbons (Fsp3) is 0.440. The van der Waals surface area contributed by atoms with E-state index in [1.54, 1.807) is 6.07 Å². The third-order valence-corrected chi connectivity index (χ3v) is 6.38. The summed E-state index contributed by atoms with van der Waals surface area (Å²) in [6, 6.07) is 14.1. The lowest BCUT2D eigenvalue weighted by atomic mass is 9.87. The first-order chi connectivity index (χ1) is 15.0. The van der Waals surface area contributed by atoms with Crippen molar-refractivity contribution in [1.29, 1.82) is 0 Å². The van der Waals surface area contributed by atoms with Crippen LogP contribution in [0.5, 0.6) is 0 Å². The molecule has 0 bridgehead atoms. The second-order valence-corrected chi connectivity index (χ2v) is 8.59. The zero-order valence-corrected chi connectivity index (χ0v) is 18.0. The van der Waals surface area contributed by atoms with E-state index in [4.69, 9.17) is 0 Å².